The third-order valence-corrected chi connectivity index (χ3v) is 8.89. The van der Waals surface area contributed by atoms with Gasteiger partial charge in [0.15, 0.2) is 11.6 Å². The third-order valence-electron chi connectivity index (χ3n) is 8.89. The zero-order chi connectivity index (χ0) is 21.8. The monoisotopic (exact) mass is 424 g/mol. The van der Waals surface area contributed by atoms with Crippen molar-refractivity contribution in [3.8, 4) is 0 Å². The average Bonchev–Trinajstić information content (AvgIpc) is 3.04. The van der Waals surface area contributed by atoms with Crippen LogP contribution in [-0.4, -0.2) is 54.2 Å². The number of Topliss-reactive ketones (excluding diaryl/α,β-unsaturated/α-hetero) is 1. The maximum Gasteiger partial charge on any atom is 0.309 e. The molecule has 0 saturated heterocycles. The van der Waals surface area contributed by atoms with Crippen molar-refractivity contribution < 1.29 is 33.7 Å². The zero-order valence-corrected chi connectivity index (χ0v) is 18.0. The summed E-state index contributed by atoms with van der Waals surface area (Å²) in [6.07, 6.45) is 3.89. The van der Waals surface area contributed by atoms with E-state index in [1.54, 1.807) is 6.08 Å². The van der Waals surface area contributed by atoms with Gasteiger partial charge in [0.25, 0.3) is 0 Å². The number of carbonyl (C=O) groups is 2. The Balaban J connectivity index is 1.74. The summed E-state index contributed by atoms with van der Waals surface area (Å²) in [6.45, 7) is 1.76. The normalized spacial score (nSPS) is 46.5. The standard InChI is InChI=1S/C23H33FO6/c1-22-7-6-12(26)8-16(22)19(30-21(24)29-3)9-13-14-4-5-15(18(28)11-25)23(14,2)10-17(27)20(13)22/h8,13-15,17,19-21,25,27H,4-7,9-11H2,1-3H3/t13-,14-,15+,17-,19-,20+,21?,22-,23-/m0/s1. The van der Waals surface area contributed by atoms with E-state index >= 15 is 0 Å². The minimum Gasteiger partial charge on any atom is -0.393 e. The first-order valence-electron chi connectivity index (χ1n) is 11.0. The number of rotatable bonds is 5. The van der Waals surface area contributed by atoms with Gasteiger partial charge in [-0.1, -0.05) is 13.8 Å². The van der Waals surface area contributed by atoms with E-state index in [2.05, 4.69) is 13.8 Å². The SMILES string of the molecule is COC(F)O[C@H]1C[C@@H]2[C@H]([C@@H](O)C[C@]3(C)[C@@H](C(=O)CO)CC[C@@H]23)[C@@]2(C)CCC(=O)C=C12. The van der Waals surface area contributed by atoms with Gasteiger partial charge in [0.05, 0.1) is 12.2 Å². The Morgan fingerprint density at radius 2 is 2.10 bits per heavy atom. The molecule has 0 aromatic heterocycles. The summed E-state index contributed by atoms with van der Waals surface area (Å²) in [4.78, 5) is 24.7. The summed E-state index contributed by atoms with van der Waals surface area (Å²) < 4.78 is 24.4. The molecule has 0 aliphatic heterocycles. The van der Waals surface area contributed by atoms with Crippen LogP contribution in [0.5, 0.6) is 0 Å². The number of aliphatic hydroxyl groups is 2. The number of methoxy groups -OCH3 is 1. The molecule has 0 aromatic rings. The van der Waals surface area contributed by atoms with Crippen LogP contribution in [0.1, 0.15) is 52.4 Å². The summed E-state index contributed by atoms with van der Waals surface area (Å²) in [5.41, 5.74) is -0.0960. The van der Waals surface area contributed by atoms with Crippen molar-refractivity contribution in [1.29, 1.82) is 0 Å². The molecule has 0 amide bonds. The van der Waals surface area contributed by atoms with Gasteiger partial charge in [-0.25, -0.2) is 0 Å². The molecule has 0 radical (unpaired) electrons. The van der Waals surface area contributed by atoms with Gasteiger partial charge in [0.2, 0.25) is 0 Å². The van der Waals surface area contributed by atoms with Crippen LogP contribution in [0.4, 0.5) is 4.39 Å². The number of hydrogen-bond donors (Lipinski definition) is 2. The molecule has 30 heavy (non-hydrogen) atoms. The van der Waals surface area contributed by atoms with E-state index in [0.29, 0.717) is 32.1 Å². The second-order valence-electron chi connectivity index (χ2n) is 10.2. The Bertz CT molecular complexity index is 752. The number of carbonyl (C=O) groups excluding carboxylic acids is 2. The number of ether oxygens (including phenoxy) is 2. The Labute approximate surface area is 176 Å². The molecule has 3 saturated carbocycles. The van der Waals surface area contributed by atoms with Crippen LogP contribution in [0, 0.1) is 34.5 Å². The highest BCUT2D eigenvalue weighted by Gasteiger charge is 2.64. The first-order valence-corrected chi connectivity index (χ1v) is 11.0. The molecule has 0 spiro atoms. The molecule has 9 atom stereocenters. The fraction of sp³-hybridized carbons (Fsp3) is 0.826. The van der Waals surface area contributed by atoms with Crippen LogP contribution >= 0.6 is 0 Å². The maximum absolute atomic E-state index is 14.1. The molecule has 0 bridgehead atoms. The number of ketones is 2. The molecule has 7 heteroatoms. The molecule has 4 aliphatic rings. The fourth-order valence-electron chi connectivity index (χ4n) is 7.67. The summed E-state index contributed by atoms with van der Waals surface area (Å²) in [5.74, 6) is -0.278. The Hall–Kier alpha value is -1.15. The summed E-state index contributed by atoms with van der Waals surface area (Å²) >= 11 is 0. The van der Waals surface area contributed by atoms with Crippen LogP contribution in [-0.2, 0) is 19.1 Å². The minimum atomic E-state index is -1.89. The Morgan fingerprint density at radius 1 is 1.37 bits per heavy atom. The van der Waals surface area contributed by atoms with Gasteiger partial charge in [-0.3, -0.25) is 9.59 Å². The molecule has 168 valence electrons. The van der Waals surface area contributed by atoms with Crippen LogP contribution in [0.15, 0.2) is 11.6 Å². The molecule has 2 N–H and O–H groups in total. The lowest BCUT2D eigenvalue weighted by molar-refractivity contribution is -0.240. The van der Waals surface area contributed by atoms with Crippen molar-refractivity contribution in [2.24, 2.45) is 34.5 Å². The summed E-state index contributed by atoms with van der Waals surface area (Å²) in [5, 5.41) is 20.8. The van der Waals surface area contributed by atoms with Gasteiger partial charge < -0.3 is 19.7 Å². The number of aliphatic hydroxyl groups excluding tert-OH is 2. The van der Waals surface area contributed by atoms with Gasteiger partial charge in [-0.2, -0.15) is 4.39 Å². The lowest BCUT2D eigenvalue weighted by Crippen LogP contribution is -2.60. The lowest BCUT2D eigenvalue weighted by Gasteiger charge is -2.61. The largest absolute Gasteiger partial charge is 0.393 e. The van der Waals surface area contributed by atoms with E-state index in [1.165, 1.54) is 7.11 Å². The first kappa shape index (κ1) is 22.1. The summed E-state index contributed by atoms with van der Waals surface area (Å²) in [6, 6.07) is 0. The van der Waals surface area contributed by atoms with Crippen LogP contribution in [0.2, 0.25) is 0 Å². The summed E-state index contributed by atoms with van der Waals surface area (Å²) in [7, 11) is 1.24. The molecule has 0 heterocycles. The number of fused-ring (bicyclic) bond motifs is 5. The van der Waals surface area contributed by atoms with Crippen molar-refractivity contribution in [1.82, 2.24) is 0 Å². The highest BCUT2D eigenvalue weighted by atomic mass is 19.2. The fourth-order valence-corrected chi connectivity index (χ4v) is 7.67. The molecule has 1 unspecified atom stereocenters. The lowest BCUT2D eigenvalue weighted by atomic mass is 9.45. The van der Waals surface area contributed by atoms with Crippen molar-refractivity contribution >= 4 is 11.6 Å². The average molecular weight is 425 g/mol. The molecular weight excluding hydrogens is 391 g/mol. The van der Waals surface area contributed by atoms with Gasteiger partial charge in [-0.15, -0.1) is 0 Å². The molecule has 0 aromatic carbocycles. The van der Waals surface area contributed by atoms with E-state index in [9.17, 15) is 24.2 Å². The first-order chi connectivity index (χ1) is 14.2. The second-order valence-corrected chi connectivity index (χ2v) is 10.2. The van der Waals surface area contributed by atoms with E-state index in [-0.39, 0.29) is 35.2 Å². The third kappa shape index (κ3) is 3.20. The Morgan fingerprint density at radius 3 is 2.77 bits per heavy atom. The molecule has 4 rings (SSSR count). The van der Waals surface area contributed by atoms with E-state index in [4.69, 9.17) is 9.47 Å². The highest BCUT2D eigenvalue weighted by molar-refractivity contribution is 5.92. The molecule has 3 fully saturated rings. The van der Waals surface area contributed by atoms with E-state index in [1.807, 2.05) is 0 Å². The Kier molecular flexibility index (Phi) is 5.71. The molecular formula is C23H33FO6. The van der Waals surface area contributed by atoms with E-state index in [0.717, 1.165) is 12.0 Å². The number of halogens is 1. The van der Waals surface area contributed by atoms with Gasteiger partial charge in [-0.05, 0) is 72.3 Å². The van der Waals surface area contributed by atoms with Crippen LogP contribution in [0.25, 0.3) is 0 Å². The predicted molar refractivity (Wildman–Crippen MR) is 106 cm³/mol. The van der Waals surface area contributed by atoms with Gasteiger partial charge >= 0.3 is 6.54 Å². The zero-order valence-electron chi connectivity index (χ0n) is 18.0. The van der Waals surface area contributed by atoms with Crippen LogP contribution in [0.3, 0.4) is 0 Å². The van der Waals surface area contributed by atoms with Crippen molar-refractivity contribution in [3.63, 3.8) is 0 Å². The topological polar surface area (TPSA) is 93.1 Å². The molecule has 4 aliphatic carbocycles. The van der Waals surface area contributed by atoms with Crippen molar-refractivity contribution in [3.05, 3.63) is 11.6 Å². The van der Waals surface area contributed by atoms with Crippen LogP contribution < -0.4 is 0 Å². The quantitative estimate of drug-likeness (QED) is 0.659. The smallest absolute Gasteiger partial charge is 0.309 e. The van der Waals surface area contributed by atoms with Gasteiger partial charge in [0, 0.05) is 19.4 Å². The second kappa shape index (κ2) is 7.76. The predicted octanol–water partition coefficient (Wildman–Crippen LogP) is 2.56. The number of hydrogen-bond acceptors (Lipinski definition) is 6. The highest BCUT2D eigenvalue weighted by Crippen LogP contribution is 2.67. The van der Waals surface area contributed by atoms with Gasteiger partial charge in [0.1, 0.15) is 6.61 Å². The van der Waals surface area contributed by atoms with E-state index < -0.39 is 36.2 Å². The van der Waals surface area contributed by atoms with Crippen molar-refractivity contribution in [2.45, 2.75) is 71.1 Å². The number of alkyl halides is 1. The maximum atomic E-state index is 14.1. The molecule has 6 nitrogen and oxygen atoms in total. The minimum absolute atomic E-state index is 0.00644. The van der Waals surface area contributed by atoms with Crippen molar-refractivity contribution in [2.75, 3.05) is 13.7 Å².